The van der Waals surface area contributed by atoms with Crippen molar-refractivity contribution >= 4 is 56.9 Å². The Kier molecular flexibility index (Phi) is 5.72. The largest absolute Gasteiger partial charge is 0.286 e. The van der Waals surface area contributed by atoms with Gasteiger partial charge in [0.25, 0.3) is 11.5 Å². The molecule has 0 bridgehead atoms. The Morgan fingerprint density at radius 3 is 2.93 bits per heavy atom. The summed E-state index contributed by atoms with van der Waals surface area (Å²) >= 11 is 13.5. The highest BCUT2D eigenvalue weighted by atomic mass is 35.5. The summed E-state index contributed by atoms with van der Waals surface area (Å²) in [6.07, 6.45) is 6.98. The van der Waals surface area contributed by atoms with E-state index in [-0.39, 0.29) is 5.56 Å². The number of hydrogen-bond donors (Lipinski definition) is 1. The van der Waals surface area contributed by atoms with E-state index < -0.39 is 11.9 Å². The predicted molar refractivity (Wildman–Crippen MR) is 117 cm³/mol. The third-order valence-electron chi connectivity index (χ3n) is 5.04. The Morgan fingerprint density at radius 1 is 1.34 bits per heavy atom. The van der Waals surface area contributed by atoms with Gasteiger partial charge >= 0.3 is 0 Å². The fraction of sp³-hybridized carbons (Fsp3) is 0.300. The number of thiophene rings is 1. The predicted octanol–water partition coefficient (Wildman–Crippen LogP) is 4.35. The minimum atomic E-state index is -0.753. The van der Waals surface area contributed by atoms with Crippen LogP contribution in [0.25, 0.3) is 10.2 Å². The van der Waals surface area contributed by atoms with Gasteiger partial charge in [0.2, 0.25) is 0 Å². The maximum Gasteiger partial charge on any atom is 0.263 e. The first kappa shape index (κ1) is 20.1. The van der Waals surface area contributed by atoms with Crippen molar-refractivity contribution in [1.82, 2.24) is 15.0 Å². The molecule has 0 spiro atoms. The summed E-state index contributed by atoms with van der Waals surface area (Å²) in [5.74, 6) is -0.418. The Balaban J connectivity index is 1.55. The molecule has 3 aromatic rings. The SMILES string of the molecule is CC(C(=O)NN=Cc1ccc(Cl)cc1Cl)n1cnc2sc3c(c2c1=O)CCCC3. The maximum absolute atomic E-state index is 13.1. The molecule has 2 aromatic heterocycles. The van der Waals surface area contributed by atoms with Crippen molar-refractivity contribution in [1.29, 1.82) is 0 Å². The van der Waals surface area contributed by atoms with Crippen LogP contribution in [-0.4, -0.2) is 21.7 Å². The van der Waals surface area contributed by atoms with Crippen LogP contribution in [-0.2, 0) is 17.6 Å². The van der Waals surface area contributed by atoms with Gasteiger partial charge in [0.05, 0.1) is 23.0 Å². The minimum absolute atomic E-state index is 0.179. The topological polar surface area (TPSA) is 76.3 Å². The van der Waals surface area contributed by atoms with Crippen LogP contribution in [0.2, 0.25) is 10.0 Å². The molecular weight excluding hydrogens is 431 g/mol. The lowest BCUT2D eigenvalue weighted by atomic mass is 9.97. The Labute approximate surface area is 181 Å². The van der Waals surface area contributed by atoms with E-state index in [0.717, 1.165) is 36.1 Å². The van der Waals surface area contributed by atoms with Crippen molar-refractivity contribution in [2.45, 2.75) is 38.6 Å². The van der Waals surface area contributed by atoms with Gasteiger partial charge in [0, 0.05) is 15.5 Å². The lowest BCUT2D eigenvalue weighted by Crippen LogP contribution is -2.34. The number of carbonyl (C=O) groups is 1. The van der Waals surface area contributed by atoms with Crippen molar-refractivity contribution in [3.8, 4) is 0 Å². The van der Waals surface area contributed by atoms with Crippen molar-refractivity contribution in [3.05, 3.63) is 60.9 Å². The lowest BCUT2D eigenvalue weighted by Gasteiger charge is -2.14. The molecule has 1 amide bonds. The second kappa shape index (κ2) is 8.26. The lowest BCUT2D eigenvalue weighted by molar-refractivity contribution is -0.123. The Hall–Kier alpha value is -2.22. The van der Waals surface area contributed by atoms with Crippen molar-refractivity contribution in [2.24, 2.45) is 5.10 Å². The van der Waals surface area contributed by atoms with Gasteiger partial charge in [0.1, 0.15) is 10.9 Å². The maximum atomic E-state index is 13.1. The van der Waals surface area contributed by atoms with Gasteiger partial charge in [-0.15, -0.1) is 11.3 Å². The highest BCUT2D eigenvalue weighted by Gasteiger charge is 2.23. The van der Waals surface area contributed by atoms with E-state index in [0.29, 0.717) is 21.0 Å². The van der Waals surface area contributed by atoms with Crippen LogP contribution in [0.5, 0.6) is 0 Å². The fourth-order valence-electron chi connectivity index (χ4n) is 3.43. The minimum Gasteiger partial charge on any atom is -0.286 e. The van der Waals surface area contributed by atoms with E-state index in [4.69, 9.17) is 23.2 Å². The Bertz CT molecular complexity index is 1190. The molecule has 0 aliphatic heterocycles. The Morgan fingerprint density at radius 2 is 2.14 bits per heavy atom. The van der Waals surface area contributed by atoms with E-state index in [9.17, 15) is 9.59 Å². The number of rotatable bonds is 4. The smallest absolute Gasteiger partial charge is 0.263 e. The van der Waals surface area contributed by atoms with Crippen molar-refractivity contribution in [2.75, 3.05) is 0 Å². The standard InChI is InChI=1S/C20H18Cl2N4O2S/c1-11(18(27)25-24-9-12-6-7-13(21)8-15(12)22)26-10-23-19-17(20(26)28)14-4-2-3-5-16(14)29-19/h6-11H,2-5H2,1H3,(H,25,27). The molecule has 1 unspecified atom stereocenters. The number of aromatic nitrogens is 2. The third-order valence-corrected chi connectivity index (χ3v) is 6.80. The zero-order valence-corrected chi connectivity index (χ0v) is 17.9. The second-order valence-corrected chi connectivity index (χ2v) is 8.85. The molecule has 4 rings (SSSR count). The number of aryl methyl sites for hydroxylation is 2. The summed E-state index contributed by atoms with van der Waals surface area (Å²) in [6.45, 7) is 1.65. The summed E-state index contributed by atoms with van der Waals surface area (Å²) in [5.41, 5.74) is 4.00. The number of halogens is 2. The van der Waals surface area contributed by atoms with Crippen LogP contribution in [0, 0.1) is 0 Å². The molecular formula is C20H18Cl2N4O2S. The van der Waals surface area contributed by atoms with E-state index in [2.05, 4.69) is 15.5 Å². The first-order valence-corrected chi connectivity index (χ1v) is 10.8. The quantitative estimate of drug-likeness (QED) is 0.475. The average molecular weight is 449 g/mol. The summed E-state index contributed by atoms with van der Waals surface area (Å²) in [5, 5.41) is 5.54. The molecule has 1 aromatic carbocycles. The monoisotopic (exact) mass is 448 g/mol. The summed E-state index contributed by atoms with van der Waals surface area (Å²) in [6, 6.07) is 4.22. The normalized spacial score (nSPS) is 14.9. The van der Waals surface area contributed by atoms with Crippen LogP contribution >= 0.6 is 34.5 Å². The van der Waals surface area contributed by atoms with Gasteiger partial charge in [-0.1, -0.05) is 29.3 Å². The van der Waals surface area contributed by atoms with E-state index in [1.165, 1.54) is 22.0 Å². The van der Waals surface area contributed by atoms with Crippen LogP contribution in [0.1, 0.15) is 41.8 Å². The van der Waals surface area contributed by atoms with Gasteiger partial charge in [-0.25, -0.2) is 10.4 Å². The van der Waals surface area contributed by atoms with Gasteiger partial charge < -0.3 is 0 Å². The molecule has 1 aliphatic carbocycles. The van der Waals surface area contributed by atoms with E-state index in [1.54, 1.807) is 36.5 Å². The van der Waals surface area contributed by atoms with Gasteiger partial charge in [0.15, 0.2) is 0 Å². The number of fused-ring (bicyclic) bond motifs is 3. The third kappa shape index (κ3) is 3.95. The molecule has 9 heteroatoms. The van der Waals surface area contributed by atoms with E-state index in [1.807, 2.05) is 0 Å². The second-order valence-electron chi connectivity index (χ2n) is 6.92. The molecule has 0 fully saturated rings. The molecule has 2 heterocycles. The van der Waals surface area contributed by atoms with E-state index >= 15 is 0 Å². The number of hydrazone groups is 1. The first-order chi connectivity index (χ1) is 14.0. The molecule has 1 N–H and O–H groups in total. The number of nitrogens with one attached hydrogen (secondary N) is 1. The fourth-order valence-corrected chi connectivity index (χ4v) is 5.10. The van der Waals surface area contributed by atoms with Crippen LogP contribution in [0.3, 0.4) is 0 Å². The molecule has 150 valence electrons. The molecule has 0 saturated heterocycles. The van der Waals surface area contributed by atoms with Gasteiger partial charge in [-0.3, -0.25) is 14.2 Å². The van der Waals surface area contributed by atoms with Crippen LogP contribution in [0.15, 0.2) is 34.4 Å². The van der Waals surface area contributed by atoms with Crippen molar-refractivity contribution in [3.63, 3.8) is 0 Å². The number of nitrogens with zero attached hydrogens (tertiary/aromatic N) is 3. The molecule has 6 nitrogen and oxygen atoms in total. The molecule has 29 heavy (non-hydrogen) atoms. The van der Waals surface area contributed by atoms with Gasteiger partial charge in [-0.2, -0.15) is 5.10 Å². The highest BCUT2D eigenvalue weighted by Crippen LogP contribution is 2.33. The number of benzene rings is 1. The van der Waals surface area contributed by atoms with Gasteiger partial charge in [-0.05, 0) is 50.3 Å². The zero-order valence-electron chi connectivity index (χ0n) is 15.6. The van der Waals surface area contributed by atoms with Crippen LogP contribution in [0.4, 0.5) is 0 Å². The molecule has 1 atom stereocenters. The number of hydrogen-bond acceptors (Lipinski definition) is 5. The van der Waals surface area contributed by atoms with Crippen LogP contribution < -0.4 is 11.0 Å². The summed E-state index contributed by atoms with van der Waals surface area (Å²) in [4.78, 5) is 32.0. The summed E-state index contributed by atoms with van der Waals surface area (Å²) in [7, 11) is 0. The molecule has 0 saturated carbocycles. The zero-order chi connectivity index (χ0) is 20.5. The molecule has 1 aliphatic rings. The number of carbonyl (C=O) groups excluding carboxylic acids is 1. The average Bonchev–Trinajstić information content (AvgIpc) is 3.08. The summed E-state index contributed by atoms with van der Waals surface area (Å²) < 4.78 is 1.37. The first-order valence-electron chi connectivity index (χ1n) is 9.25. The number of amides is 1. The molecule has 0 radical (unpaired) electrons. The van der Waals surface area contributed by atoms with Crippen molar-refractivity contribution < 1.29 is 4.79 Å². The highest BCUT2D eigenvalue weighted by molar-refractivity contribution is 7.18.